The van der Waals surface area contributed by atoms with Crippen molar-refractivity contribution in [3.63, 3.8) is 0 Å². The van der Waals surface area contributed by atoms with Gasteiger partial charge in [-0.2, -0.15) is 0 Å². The number of hydrogen-bond donors (Lipinski definition) is 1. The summed E-state index contributed by atoms with van der Waals surface area (Å²) in [5.74, 6) is 0.709. The van der Waals surface area contributed by atoms with Gasteiger partial charge in [-0.3, -0.25) is 4.40 Å². The van der Waals surface area contributed by atoms with Gasteiger partial charge in [0.15, 0.2) is 5.82 Å². The Kier molecular flexibility index (Phi) is 4.23. The molecule has 2 aromatic heterocycles. The Labute approximate surface area is 98.8 Å². The summed E-state index contributed by atoms with van der Waals surface area (Å²) in [6.07, 6.45) is 5.14. The zero-order valence-electron chi connectivity index (χ0n) is 9.67. The number of fused-ring (bicyclic) bond motifs is 1. The Balaban J connectivity index is 1.80. The molecule has 17 heavy (non-hydrogen) atoms. The van der Waals surface area contributed by atoms with Gasteiger partial charge in [-0.25, -0.2) is 4.98 Å². The van der Waals surface area contributed by atoms with Crippen molar-refractivity contribution in [2.45, 2.75) is 0 Å². The minimum Gasteiger partial charge on any atom is -0.382 e. The van der Waals surface area contributed by atoms with Gasteiger partial charge in [0.2, 0.25) is 5.65 Å². The summed E-state index contributed by atoms with van der Waals surface area (Å²) in [6.45, 7) is 2.47. The number of nitrogens with one attached hydrogen (secondary N) is 1. The number of anilines is 1. The lowest BCUT2D eigenvalue weighted by Crippen LogP contribution is -2.13. The van der Waals surface area contributed by atoms with Crippen LogP contribution in [-0.2, 0) is 9.47 Å². The molecular formula is C10H15N5O2. The van der Waals surface area contributed by atoms with E-state index in [-0.39, 0.29) is 0 Å². The minimum atomic E-state index is 0.597. The summed E-state index contributed by atoms with van der Waals surface area (Å²) in [5, 5.41) is 10.9. The number of ether oxygens (including phenoxy) is 2. The van der Waals surface area contributed by atoms with Crippen LogP contribution >= 0.6 is 0 Å². The molecule has 2 rings (SSSR count). The Morgan fingerprint density at radius 3 is 3.18 bits per heavy atom. The summed E-state index contributed by atoms with van der Waals surface area (Å²) in [7, 11) is 1.65. The number of hydrogen-bond acceptors (Lipinski definition) is 6. The van der Waals surface area contributed by atoms with Crippen molar-refractivity contribution in [2.75, 3.05) is 38.8 Å². The van der Waals surface area contributed by atoms with E-state index in [4.69, 9.17) is 9.47 Å². The number of aromatic nitrogens is 4. The molecule has 2 aromatic rings. The van der Waals surface area contributed by atoms with E-state index in [0.717, 1.165) is 0 Å². The first-order chi connectivity index (χ1) is 8.42. The molecule has 0 spiro atoms. The summed E-state index contributed by atoms with van der Waals surface area (Å²) in [5.41, 5.74) is 0.712. The summed E-state index contributed by atoms with van der Waals surface area (Å²) >= 11 is 0. The smallest absolute Gasteiger partial charge is 0.203 e. The molecule has 0 radical (unpaired) electrons. The van der Waals surface area contributed by atoms with Gasteiger partial charge in [-0.1, -0.05) is 0 Å². The highest BCUT2D eigenvalue weighted by Crippen LogP contribution is 2.08. The number of rotatable bonds is 7. The molecule has 7 heteroatoms. The first-order valence-electron chi connectivity index (χ1n) is 5.36. The lowest BCUT2D eigenvalue weighted by molar-refractivity contribution is 0.0759. The predicted octanol–water partition coefficient (Wildman–Crippen LogP) is 0.199. The molecule has 0 unspecified atom stereocenters. The Morgan fingerprint density at radius 1 is 1.35 bits per heavy atom. The van der Waals surface area contributed by atoms with Crippen LogP contribution in [0.4, 0.5) is 5.82 Å². The van der Waals surface area contributed by atoms with E-state index in [0.29, 0.717) is 37.8 Å². The quantitative estimate of drug-likeness (QED) is 0.693. The molecule has 7 nitrogen and oxygen atoms in total. The standard InChI is InChI=1S/C10H15N5O2/c1-16-6-7-17-5-3-12-9-10-14-13-8-15(10)4-2-11-9/h2,4,8H,3,5-7H2,1H3,(H,11,12). The molecule has 0 saturated heterocycles. The summed E-state index contributed by atoms with van der Waals surface area (Å²) in [4.78, 5) is 4.20. The van der Waals surface area contributed by atoms with Gasteiger partial charge >= 0.3 is 0 Å². The van der Waals surface area contributed by atoms with Crippen LogP contribution in [0.15, 0.2) is 18.7 Å². The highest BCUT2D eigenvalue weighted by molar-refractivity contribution is 5.61. The second-order valence-electron chi connectivity index (χ2n) is 3.37. The third-order valence-corrected chi connectivity index (χ3v) is 2.19. The van der Waals surface area contributed by atoms with Gasteiger partial charge < -0.3 is 14.8 Å². The molecule has 92 valence electrons. The average Bonchev–Trinajstić information content (AvgIpc) is 2.82. The molecule has 0 aromatic carbocycles. The Bertz CT molecular complexity index is 459. The molecule has 0 fully saturated rings. The van der Waals surface area contributed by atoms with Gasteiger partial charge in [-0.05, 0) is 0 Å². The maximum Gasteiger partial charge on any atom is 0.203 e. The van der Waals surface area contributed by atoms with Crippen molar-refractivity contribution in [1.29, 1.82) is 0 Å². The van der Waals surface area contributed by atoms with Crippen molar-refractivity contribution >= 4 is 11.5 Å². The van der Waals surface area contributed by atoms with Crippen LogP contribution in [0.2, 0.25) is 0 Å². The van der Waals surface area contributed by atoms with Crippen LogP contribution in [0.3, 0.4) is 0 Å². The molecule has 0 aliphatic heterocycles. The molecule has 0 bridgehead atoms. The molecule has 1 N–H and O–H groups in total. The second-order valence-corrected chi connectivity index (χ2v) is 3.37. The highest BCUT2D eigenvalue weighted by atomic mass is 16.5. The molecule has 0 aliphatic carbocycles. The second kappa shape index (κ2) is 6.12. The maximum absolute atomic E-state index is 5.33. The molecule has 0 atom stereocenters. The SMILES string of the molecule is COCCOCCNc1nccn2cnnc12. The average molecular weight is 237 g/mol. The molecule has 2 heterocycles. The van der Waals surface area contributed by atoms with E-state index >= 15 is 0 Å². The first-order valence-corrected chi connectivity index (χ1v) is 5.36. The third-order valence-electron chi connectivity index (χ3n) is 2.19. The molecule has 0 aliphatic rings. The fraction of sp³-hybridized carbons (Fsp3) is 0.500. The van der Waals surface area contributed by atoms with Crippen LogP contribution in [0.5, 0.6) is 0 Å². The van der Waals surface area contributed by atoms with E-state index in [1.165, 1.54) is 0 Å². The van der Waals surface area contributed by atoms with E-state index in [9.17, 15) is 0 Å². The normalized spacial score (nSPS) is 10.9. The maximum atomic E-state index is 5.33. The van der Waals surface area contributed by atoms with Crippen molar-refractivity contribution in [1.82, 2.24) is 19.6 Å². The topological polar surface area (TPSA) is 73.6 Å². The molecular weight excluding hydrogens is 222 g/mol. The fourth-order valence-corrected chi connectivity index (χ4v) is 1.37. The monoisotopic (exact) mass is 237 g/mol. The third kappa shape index (κ3) is 3.11. The van der Waals surface area contributed by atoms with E-state index in [2.05, 4.69) is 20.5 Å². The van der Waals surface area contributed by atoms with Crippen LogP contribution in [0.1, 0.15) is 0 Å². The summed E-state index contributed by atoms with van der Waals surface area (Å²) in [6, 6.07) is 0. The Hall–Kier alpha value is -1.73. The largest absolute Gasteiger partial charge is 0.382 e. The van der Waals surface area contributed by atoms with Gasteiger partial charge in [-0.15, -0.1) is 10.2 Å². The Morgan fingerprint density at radius 2 is 2.29 bits per heavy atom. The van der Waals surface area contributed by atoms with Crippen LogP contribution < -0.4 is 5.32 Å². The van der Waals surface area contributed by atoms with Crippen molar-refractivity contribution < 1.29 is 9.47 Å². The highest BCUT2D eigenvalue weighted by Gasteiger charge is 2.03. The van der Waals surface area contributed by atoms with Gasteiger partial charge in [0, 0.05) is 26.0 Å². The lowest BCUT2D eigenvalue weighted by Gasteiger charge is -2.06. The molecule has 0 saturated carbocycles. The van der Waals surface area contributed by atoms with Crippen molar-refractivity contribution in [2.24, 2.45) is 0 Å². The van der Waals surface area contributed by atoms with Crippen LogP contribution in [-0.4, -0.2) is 53.1 Å². The fourth-order valence-electron chi connectivity index (χ4n) is 1.37. The summed E-state index contributed by atoms with van der Waals surface area (Å²) < 4.78 is 12.0. The van der Waals surface area contributed by atoms with E-state index in [1.54, 1.807) is 30.2 Å². The van der Waals surface area contributed by atoms with Gasteiger partial charge in [0.25, 0.3) is 0 Å². The van der Waals surface area contributed by atoms with Crippen LogP contribution in [0.25, 0.3) is 5.65 Å². The van der Waals surface area contributed by atoms with E-state index in [1.807, 2.05) is 0 Å². The van der Waals surface area contributed by atoms with Crippen LogP contribution in [0, 0.1) is 0 Å². The zero-order chi connectivity index (χ0) is 11.9. The first kappa shape index (κ1) is 11.7. The van der Waals surface area contributed by atoms with Gasteiger partial charge in [0.1, 0.15) is 6.33 Å². The van der Waals surface area contributed by atoms with Crippen molar-refractivity contribution in [3.05, 3.63) is 18.7 Å². The van der Waals surface area contributed by atoms with Crippen molar-refractivity contribution in [3.8, 4) is 0 Å². The van der Waals surface area contributed by atoms with Gasteiger partial charge in [0.05, 0.1) is 19.8 Å². The van der Waals surface area contributed by atoms with E-state index < -0.39 is 0 Å². The number of nitrogens with zero attached hydrogens (tertiary/aromatic N) is 4. The minimum absolute atomic E-state index is 0.597. The molecule has 0 amide bonds. The predicted molar refractivity (Wildman–Crippen MR) is 62.0 cm³/mol. The number of methoxy groups -OCH3 is 1. The zero-order valence-corrected chi connectivity index (χ0v) is 9.67. The lowest BCUT2D eigenvalue weighted by atomic mass is 10.5.